The standard InChI is InChI=1S/C20H32ClN5O/c1-2-22-20(23-7-4-8-24-13-15-27-16-14-24)26-11-9-25(10-12-26)19-6-3-5-18(21)17-19/h3,5-6,17H,2,4,7-16H2,1H3,(H,22,23). The minimum atomic E-state index is 0.796. The van der Waals surface area contributed by atoms with E-state index in [9.17, 15) is 0 Å². The second-order valence-electron chi connectivity index (χ2n) is 7.00. The molecule has 6 nitrogen and oxygen atoms in total. The molecule has 0 saturated carbocycles. The van der Waals surface area contributed by atoms with E-state index in [-0.39, 0.29) is 0 Å². The summed E-state index contributed by atoms with van der Waals surface area (Å²) in [7, 11) is 0. The van der Waals surface area contributed by atoms with Crippen LogP contribution >= 0.6 is 11.6 Å². The number of rotatable bonds is 6. The first-order valence-electron chi connectivity index (χ1n) is 10.1. The highest BCUT2D eigenvalue weighted by molar-refractivity contribution is 6.30. The smallest absolute Gasteiger partial charge is 0.194 e. The van der Waals surface area contributed by atoms with Crippen molar-refractivity contribution in [3.63, 3.8) is 0 Å². The first-order valence-corrected chi connectivity index (χ1v) is 10.5. The molecule has 0 amide bonds. The van der Waals surface area contributed by atoms with Gasteiger partial charge in [0.1, 0.15) is 0 Å². The predicted octanol–water partition coefficient (Wildman–Crippen LogP) is 2.15. The third kappa shape index (κ3) is 6.26. The predicted molar refractivity (Wildman–Crippen MR) is 113 cm³/mol. The average Bonchev–Trinajstić information content (AvgIpc) is 2.71. The molecule has 0 radical (unpaired) electrons. The summed E-state index contributed by atoms with van der Waals surface area (Å²) < 4.78 is 5.41. The summed E-state index contributed by atoms with van der Waals surface area (Å²) in [6.45, 7) is 12.8. The lowest BCUT2D eigenvalue weighted by molar-refractivity contribution is 0.0377. The van der Waals surface area contributed by atoms with Gasteiger partial charge in [0.15, 0.2) is 5.96 Å². The van der Waals surface area contributed by atoms with Crippen LogP contribution in [0.4, 0.5) is 5.69 Å². The minimum absolute atomic E-state index is 0.796. The van der Waals surface area contributed by atoms with E-state index in [0.29, 0.717) is 0 Å². The van der Waals surface area contributed by atoms with Crippen LogP contribution in [-0.4, -0.2) is 87.9 Å². The zero-order valence-corrected chi connectivity index (χ0v) is 17.1. The quantitative estimate of drug-likeness (QED) is 0.455. The van der Waals surface area contributed by atoms with E-state index in [1.54, 1.807) is 0 Å². The monoisotopic (exact) mass is 393 g/mol. The van der Waals surface area contributed by atoms with Crippen LogP contribution in [0.1, 0.15) is 13.3 Å². The zero-order chi connectivity index (χ0) is 18.9. The van der Waals surface area contributed by atoms with Gasteiger partial charge in [-0.1, -0.05) is 17.7 Å². The maximum Gasteiger partial charge on any atom is 0.194 e. The molecular weight excluding hydrogens is 362 g/mol. The first kappa shape index (κ1) is 20.2. The van der Waals surface area contributed by atoms with Crippen molar-refractivity contribution in [2.75, 3.05) is 77.0 Å². The molecule has 2 aliphatic heterocycles. The number of benzene rings is 1. The van der Waals surface area contributed by atoms with Gasteiger partial charge < -0.3 is 19.9 Å². The lowest BCUT2D eigenvalue weighted by atomic mass is 10.2. The van der Waals surface area contributed by atoms with Gasteiger partial charge in [0.05, 0.1) is 13.2 Å². The van der Waals surface area contributed by atoms with E-state index in [4.69, 9.17) is 21.3 Å². The van der Waals surface area contributed by atoms with Crippen molar-refractivity contribution in [2.24, 2.45) is 4.99 Å². The molecule has 2 saturated heterocycles. The summed E-state index contributed by atoms with van der Waals surface area (Å²) in [5.41, 5.74) is 1.20. The van der Waals surface area contributed by atoms with Gasteiger partial charge in [-0.15, -0.1) is 0 Å². The number of hydrogen-bond donors (Lipinski definition) is 1. The van der Waals surface area contributed by atoms with E-state index < -0.39 is 0 Å². The van der Waals surface area contributed by atoms with Crippen LogP contribution in [0.5, 0.6) is 0 Å². The highest BCUT2D eigenvalue weighted by Crippen LogP contribution is 2.20. The highest BCUT2D eigenvalue weighted by Gasteiger charge is 2.20. The van der Waals surface area contributed by atoms with E-state index in [0.717, 1.165) is 89.5 Å². The van der Waals surface area contributed by atoms with Gasteiger partial charge in [-0.25, -0.2) is 0 Å². The Hall–Kier alpha value is -1.50. The molecule has 1 aromatic carbocycles. The van der Waals surface area contributed by atoms with Crippen LogP contribution in [0.15, 0.2) is 29.3 Å². The number of piperazine rings is 1. The van der Waals surface area contributed by atoms with Crippen LogP contribution in [0, 0.1) is 0 Å². The Balaban J connectivity index is 1.46. The molecule has 0 aliphatic carbocycles. The van der Waals surface area contributed by atoms with E-state index in [1.807, 2.05) is 18.2 Å². The van der Waals surface area contributed by atoms with E-state index >= 15 is 0 Å². The van der Waals surface area contributed by atoms with Gasteiger partial charge in [-0.2, -0.15) is 0 Å². The van der Waals surface area contributed by atoms with Gasteiger partial charge in [0.25, 0.3) is 0 Å². The molecule has 7 heteroatoms. The second kappa shape index (κ2) is 10.7. The van der Waals surface area contributed by atoms with Crippen molar-refractivity contribution in [1.82, 2.24) is 15.1 Å². The van der Waals surface area contributed by atoms with Crippen molar-refractivity contribution >= 4 is 23.2 Å². The van der Waals surface area contributed by atoms with Gasteiger partial charge in [0, 0.05) is 69.6 Å². The molecule has 1 N–H and O–H groups in total. The fraction of sp³-hybridized carbons (Fsp3) is 0.650. The SMILES string of the molecule is CCNC(=NCCCN1CCOCC1)N1CCN(c2cccc(Cl)c2)CC1. The summed E-state index contributed by atoms with van der Waals surface area (Å²) in [5, 5.41) is 4.25. The van der Waals surface area contributed by atoms with Crippen LogP contribution < -0.4 is 10.2 Å². The zero-order valence-electron chi connectivity index (χ0n) is 16.4. The lowest BCUT2D eigenvalue weighted by Crippen LogP contribution is -2.52. The summed E-state index contributed by atoms with van der Waals surface area (Å²) in [5.74, 6) is 1.05. The minimum Gasteiger partial charge on any atom is -0.379 e. The second-order valence-corrected chi connectivity index (χ2v) is 7.43. The van der Waals surface area contributed by atoms with E-state index in [2.05, 4.69) is 33.0 Å². The van der Waals surface area contributed by atoms with E-state index in [1.165, 1.54) is 5.69 Å². The maximum atomic E-state index is 6.13. The number of halogens is 1. The number of anilines is 1. The van der Waals surface area contributed by atoms with Crippen molar-refractivity contribution in [2.45, 2.75) is 13.3 Å². The molecule has 0 bridgehead atoms. The van der Waals surface area contributed by atoms with Crippen molar-refractivity contribution in [3.05, 3.63) is 29.3 Å². The lowest BCUT2D eigenvalue weighted by Gasteiger charge is -2.37. The Morgan fingerprint density at radius 1 is 1.15 bits per heavy atom. The van der Waals surface area contributed by atoms with Gasteiger partial charge in [-0.05, 0) is 31.5 Å². The Labute approximate surface area is 168 Å². The van der Waals surface area contributed by atoms with Crippen LogP contribution in [-0.2, 0) is 4.74 Å². The van der Waals surface area contributed by atoms with Gasteiger partial charge in [-0.3, -0.25) is 9.89 Å². The molecule has 0 spiro atoms. The summed E-state index contributed by atoms with van der Waals surface area (Å²) in [6, 6.07) is 8.12. The Bertz CT molecular complexity index is 598. The molecule has 2 heterocycles. The van der Waals surface area contributed by atoms with Crippen molar-refractivity contribution in [1.29, 1.82) is 0 Å². The fourth-order valence-corrected chi connectivity index (χ4v) is 3.76. The fourth-order valence-electron chi connectivity index (χ4n) is 3.58. The number of ether oxygens (including phenoxy) is 1. The third-order valence-corrected chi connectivity index (χ3v) is 5.32. The number of aliphatic imine (C=N–C) groups is 1. The molecule has 2 aliphatic rings. The van der Waals surface area contributed by atoms with Gasteiger partial charge in [0.2, 0.25) is 0 Å². The Morgan fingerprint density at radius 2 is 1.93 bits per heavy atom. The number of morpholine rings is 1. The molecule has 2 fully saturated rings. The first-order chi connectivity index (χ1) is 13.3. The maximum absolute atomic E-state index is 6.13. The number of nitrogens with zero attached hydrogens (tertiary/aromatic N) is 4. The normalized spacial score (nSPS) is 19.4. The van der Waals surface area contributed by atoms with Crippen LogP contribution in [0.25, 0.3) is 0 Å². The Morgan fingerprint density at radius 3 is 2.63 bits per heavy atom. The molecular formula is C20H32ClN5O. The molecule has 150 valence electrons. The van der Waals surface area contributed by atoms with Gasteiger partial charge >= 0.3 is 0 Å². The number of guanidine groups is 1. The molecule has 0 aromatic heterocycles. The molecule has 27 heavy (non-hydrogen) atoms. The molecule has 1 aromatic rings. The topological polar surface area (TPSA) is 43.3 Å². The molecule has 0 atom stereocenters. The molecule has 0 unspecified atom stereocenters. The summed E-state index contributed by atoms with van der Waals surface area (Å²) in [6.07, 6.45) is 1.09. The highest BCUT2D eigenvalue weighted by atomic mass is 35.5. The summed E-state index contributed by atoms with van der Waals surface area (Å²) >= 11 is 6.13. The van der Waals surface area contributed by atoms with Crippen LogP contribution in [0.3, 0.4) is 0 Å². The van der Waals surface area contributed by atoms with Crippen LogP contribution in [0.2, 0.25) is 5.02 Å². The molecule has 3 rings (SSSR count). The summed E-state index contributed by atoms with van der Waals surface area (Å²) in [4.78, 5) is 12.1. The third-order valence-electron chi connectivity index (χ3n) is 5.09. The largest absolute Gasteiger partial charge is 0.379 e. The average molecular weight is 394 g/mol. The number of nitrogens with one attached hydrogen (secondary N) is 1. The van der Waals surface area contributed by atoms with Crippen molar-refractivity contribution < 1.29 is 4.74 Å². The van der Waals surface area contributed by atoms with Crippen molar-refractivity contribution in [3.8, 4) is 0 Å². The Kier molecular flexibility index (Phi) is 8.05. The number of hydrogen-bond acceptors (Lipinski definition) is 4.